The Labute approximate surface area is 111 Å². The average Bonchev–Trinajstić information content (AvgIpc) is 2.21. The summed E-state index contributed by atoms with van der Waals surface area (Å²) in [6, 6.07) is 3.85. The van der Waals surface area contributed by atoms with Crippen molar-refractivity contribution in [2.45, 2.75) is 6.54 Å². The Morgan fingerprint density at radius 3 is 2.47 bits per heavy atom. The fourth-order valence-electron chi connectivity index (χ4n) is 1.13. The molecule has 84 valence electrons. The average molecular weight is 355 g/mol. The van der Waals surface area contributed by atoms with Crippen molar-refractivity contribution in [3.05, 3.63) is 26.6 Å². The number of rotatable bonds is 5. The number of phenols is 1. The van der Waals surface area contributed by atoms with E-state index in [-0.39, 0.29) is 5.75 Å². The van der Waals surface area contributed by atoms with Gasteiger partial charge in [-0.2, -0.15) is 11.8 Å². The van der Waals surface area contributed by atoms with E-state index in [1.807, 2.05) is 23.9 Å². The smallest absolute Gasteiger partial charge is 0.143 e. The Kier molecular flexibility index (Phi) is 6.04. The zero-order chi connectivity index (χ0) is 11.3. The van der Waals surface area contributed by atoms with E-state index in [1.165, 1.54) is 0 Å². The summed E-state index contributed by atoms with van der Waals surface area (Å²) in [5.74, 6) is 1.36. The zero-order valence-electron chi connectivity index (χ0n) is 8.39. The largest absolute Gasteiger partial charge is 0.506 e. The molecule has 0 saturated carbocycles. The van der Waals surface area contributed by atoms with Gasteiger partial charge in [-0.3, -0.25) is 0 Å². The van der Waals surface area contributed by atoms with Crippen molar-refractivity contribution < 1.29 is 5.11 Å². The van der Waals surface area contributed by atoms with Gasteiger partial charge in [0, 0.05) is 18.8 Å². The van der Waals surface area contributed by atoms with Gasteiger partial charge in [0.1, 0.15) is 5.75 Å². The highest BCUT2D eigenvalue weighted by molar-refractivity contribution is 9.11. The minimum Gasteiger partial charge on any atom is -0.506 e. The van der Waals surface area contributed by atoms with Crippen LogP contribution in [0.1, 0.15) is 5.56 Å². The SMILES string of the molecule is CSCCNCc1cc(Br)c(O)c(Br)c1. The van der Waals surface area contributed by atoms with Crippen LogP contribution < -0.4 is 5.32 Å². The minimum atomic E-state index is 0.253. The van der Waals surface area contributed by atoms with Crippen LogP contribution in [-0.4, -0.2) is 23.7 Å². The van der Waals surface area contributed by atoms with Crippen LogP contribution in [0.25, 0.3) is 0 Å². The third kappa shape index (κ3) is 4.34. The van der Waals surface area contributed by atoms with Crippen molar-refractivity contribution in [3.8, 4) is 5.75 Å². The summed E-state index contributed by atoms with van der Waals surface area (Å²) >= 11 is 8.44. The fraction of sp³-hybridized carbons (Fsp3) is 0.400. The van der Waals surface area contributed by atoms with Gasteiger partial charge in [0.05, 0.1) is 8.95 Å². The van der Waals surface area contributed by atoms with Crippen molar-refractivity contribution in [1.82, 2.24) is 5.32 Å². The van der Waals surface area contributed by atoms with E-state index in [0.717, 1.165) is 33.4 Å². The van der Waals surface area contributed by atoms with Gasteiger partial charge >= 0.3 is 0 Å². The molecular weight excluding hydrogens is 342 g/mol. The molecule has 0 aliphatic rings. The van der Waals surface area contributed by atoms with E-state index in [0.29, 0.717) is 0 Å². The van der Waals surface area contributed by atoms with Gasteiger partial charge in [0.2, 0.25) is 0 Å². The molecule has 0 saturated heterocycles. The highest BCUT2D eigenvalue weighted by Gasteiger charge is 2.05. The van der Waals surface area contributed by atoms with Gasteiger partial charge in [0.25, 0.3) is 0 Å². The van der Waals surface area contributed by atoms with E-state index in [9.17, 15) is 5.11 Å². The van der Waals surface area contributed by atoms with E-state index in [2.05, 4.69) is 43.4 Å². The molecule has 0 fully saturated rings. The summed E-state index contributed by atoms with van der Waals surface area (Å²) in [5, 5.41) is 12.9. The summed E-state index contributed by atoms with van der Waals surface area (Å²) in [4.78, 5) is 0. The third-order valence-electron chi connectivity index (χ3n) is 1.89. The summed E-state index contributed by atoms with van der Waals surface area (Å²) in [6.45, 7) is 1.81. The lowest BCUT2D eigenvalue weighted by Gasteiger charge is -2.07. The Bertz CT molecular complexity index is 310. The number of thioether (sulfide) groups is 1. The zero-order valence-corrected chi connectivity index (χ0v) is 12.4. The van der Waals surface area contributed by atoms with Gasteiger partial charge in [-0.25, -0.2) is 0 Å². The third-order valence-corrected chi connectivity index (χ3v) is 3.71. The summed E-state index contributed by atoms with van der Waals surface area (Å²) in [7, 11) is 0. The predicted molar refractivity (Wildman–Crippen MR) is 73.6 cm³/mol. The Morgan fingerprint density at radius 1 is 1.33 bits per heavy atom. The molecule has 2 nitrogen and oxygen atoms in total. The first-order valence-corrected chi connectivity index (χ1v) is 7.49. The molecule has 0 radical (unpaired) electrons. The molecular formula is C10H13Br2NOS. The fourth-order valence-corrected chi connectivity index (χ4v) is 2.76. The molecule has 0 unspecified atom stereocenters. The van der Waals surface area contributed by atoms with Crippen molar-refractivity contribution in [1.29, 1.82) is 0 Å². The van der Waals surface area contributed by atoms with Gasteiger partial charge in [-0.05, 0) is 55.8 Å². The molecule has 0 aromatic heterocycles. The molecule has 0 spiro atoms. The first kappa shape index (κ1) is 13.4. The number of phenolic OH excluding ortho intramolecular Hbond substituents is 1. The molecule has 0 aliphatic carbocycles. The van der Waals surface area contributed by atoms with E-state index in [1.54, 1.807) is 0 Å². The highest BCUT2D eigenvalue weighted by atomic mass is 79.9. The standard InChI is InChI=1S/C10H13Br2NOS/c1-15-3-2-13-6-7-4-8(11)10(14)9(12)5-7/h4-5,13-14H,2-3,6H2,1H3. The summed E-state index contributed by atoms with van der Waals surface area (Å²) in [5.41, 5.74) is 1.15. The van der Waals surface area contributed by atoms with Gasteiger partial charge in [-0.15, -0.1) is 0 Å². The van der Waals surface area contributed by atoms with Crippen LogP contribution in [0.4, 0.5) is 0 Å². The van der Waals surface area contributed by atoms with Crippen molar-refractivity contribution >= 4 is 43.6 Å². The Balaban J connectivity index is 2.55. The molecule has 2 N–H and O–H groups in total. The monoisotopic (exact) mass is 353 g/mol. The molecule has 1 aromatic rings. The maximum atomic E-state index is 9.52. The quantitative estimate of drug-likeness (QED) is 0.795. The lowest BCUT2D eigenvalue weighted by Crippen LogP contribution is -2.16. The predicted octanol–water partition coefficient (Wildman–Crippen LogP) is 3.37. The number of hydrogen-bond donors (Lipinski definition) is 2. The first-order valence-electron chi connectivity index (χ1n) is 4.51. The van der Waals surface area contributed by atoms with Crippen LogP contribution in [0, 0.1) is 0 Å². The van der Waals surface area contributed by atoms with Crippen LogP contribution in [-0.2, 0) is 6.54 Å². The normalized spacial score (nSPS) is 10.6. The van der Waals surface area contributed by atoms with Crippen molar-refractivity contribution in [2.24, 2.45) is 0 Å². The van der Waals surface area contributed by atoms with Crippen LogP contribution in [0.5, 0.6) is 5.75 Å². The van der Waals surface area contributed by atoms with E-state index < -0.39 is 0 Å². The molecule has 1 rings (SSSR count). The molecule has 15 heavy (non-hydrogen) atoms. The van der Waals surface area contributed by atoms with Gasteiger partial charge < -0.3 is 10.4 Å². The highest BCUT2D eigenvalue weighted by Crippen LogP contribution is 2.33. The molecule has 1 aromatic carbocycles. The van der Waals surface area contributed by atoms with Crippen molar-refractivity contribution in [3.63, 3.8) is 0 Å². The number of halogens is 2. The van der Waals surface area contributed by atoms with Crippen LogP contribution >= 0.6 is 43.6 Å². The lowest BCUT2D eigenvalue weighted by atomic mass is 10.2. The number of aromatic hydroxyl groups is 1. The molecule has 0 amide bonds. The Hall–Kier alpha value is 0.290. The Morgan fingerprint density at radius 2 is 1.93 bits per heavy atom. The van der Waals surface area contributed by atoms with E-state index in [4.69, 9.17) is 0 Å². The number of benzene rings is 1. The van der Waals surface area contributed by atoms with Gasteiger partial charge in [0.15, 0.2) is 0 Å². The van der Waals surface area contributed by atoms with Crippen molar-refractivity contribution in [2.75, 3.05) is 18.6 Å². The molecule has 5 heteroatoms. The maximum absolute atomic E-state index is 9.52. The molecule has 0 atom stereocenters. The maximum Gasteiger partial charge on any atom is 0.143 e. The lowest BCUT2D eigenvalue weighted by molar-refractivity contribution is 0.468. The second-order valence-corrected chi connectivity index (χ2v) is 5.77. The molecule has 0 bridgehead atoms. The first-order chi connectivity index (χ1) is 7.15. The minimum absolute atomic E-state index is 0.253. The summed E-state index contributed by atoms with van der Waals surface area (Å²) < 4.78 is 1.44. The van der Waals surface area contributed by atoms with E-state index >= 15 is 0 Å². The number of hydrogen-bond acceptors (Lipinski definition) is 3. The van der Waals surface area contributed by atoms with Crippen LogP contribution in [0.2, 0.25) is 0 Å². The molecule has 0 heterocycles. The summed E-state index contributed by atoms with van der Waals surface area (Å²) in [6.07, 6.45) is 2.09. The second-order valence-electron chi connectivity index (χ2n) is 3.08. The topological polar surface area (TPSA) is 32.3 Å². The number of nitrogens with one attached hydrogen (secondary N) is 1. The molecule has 0 aliphatic heterocycles. The van der Waals surface area contributed by atoms with Crippen LogP contribution in [0.15, 0.2) is 21.1 Å². The van der Waals surface area contributed by atoms with Crippen LogP contribution in [0.3, 0.4) is 0 Å². The van der Waals surface area contributed by atoms with Gasteiger partial charge in [-0.1, -0.05) is 0 Å². The second kappa shape index (κ2) is 6.78.